The third-order valence-corrected chi connectivity index (χ3v) is 4.60. The van der Waals surface area contributed by atoms with Crippen molar-refractivity contribution in [1.29, 1.82) is 0 Å². The zero-order chi connectivity index (χ0) is 14.9. The van der Waals surface area contributed by atoms with E-state index in [0.29, 0.717) is 11.8 Å². The van der Waals surface area contributed by atoms with Crippen molar-refractivity contribution in [3.05, 3.63) is 69.8 Å². The van der Waals surface area contributed by atoms with Crippen LogP contribution in [-0.2, 0) is 0 Å². The molecular weight excluding hydrogens is 240 g/mol. The van der Waals surface area contributed by atoms with Crippen LogP contribution in [0.1, 0.15) is 59.1 Å². The first-order valence-corrected chi connectivity index (χ1v) is 7.54. The first kappa shape index (κ1) is 14.8. The van der Waals surface area contributed by atoms with E-state index in [0.717, 1.165) is 0 Å². The molecule has 2 aromatic rings. The van der Waals surface area contributed by atoms with Crippen LogP contribution in [0.15, 0.2) is 36.4 Å². The molecule has 2 unspecified atom stereocenters. The zero-order valence-electron chi connectivity index (χ0n) is 13.6. The van der Waals surface area contributed by atoms with Gasteiger partial charge in [-0.15, -0.1) is 0 Å². The molecule has 0 saturated heterocycles. The van der Waals surface area contributed by atoms with E-state index < -0.39 is 0 Å². The van der Waals surface area contributed by atoms with Gasteiger partial charge in [0.1, 0.15) is 0 Å². The van der Waals surface area contributed by atoms with Crippen molar-refractivity contribution in [3.63, 3.8) is 0 Å². The van der Waals surface area contributed by atoms with Crippen molar-refractivity contribution in [2.75, 3.05) is 0 Å². The van der Waals surface area contributed by atoms with E-state index in [4.69, 9.17) is 0 Å². The Bertz CT molecular complexity index is 552. The SMILES string of the molecule is Cc1ccc(C)c(C(C)C(C)c2cc(C)ccc2C)c1. The minimum atomic E-state index is 0.537. The predicted molar refractivity (Wildman–Crippen MR) is 88.7 cm³/mol. The maximum absolute atomic E-state index is 2.36. The van der Waals surface area contributed by atoms with Gasteiger partial charge in [-0.05, 0) is 61.8 Å². The van der Waals surface area contributed by atoms with E-state index in [9.17, 15) is 0 Å². The molecule has 0 aromatic heterocycles. The van der Waals surface area contributed by atoms with Gasteiger partial charge in [0.15, 0.2) is 0 Å². The molecule has 0 fully saturated rings. The topological polar surface area (TPSA) is 0 Å². The lowest BCUT2D eigenvalue weighted by Crippen LogP contribution is -2.08. The van der Waals surface area contributed by atoms with Crippen molar-refractivity contribution in [2.24, 2.45) is 0 Å². The predicted octanol–water partition coefficient (Wildman–Crippen LogP) is 5.83. The minimum absolute atomic E-state index is 0.537. The molecule has 0 radical (unpaired) electrons. The molecular formula is C20H26. The van der Waals surface area contributed by atoms with Gasteiger partial charge < -0.3 is 0 Å². The fourth-order valence-electron chi connectivity index (χ4n) is 3.04. The molecule has 2 aromatic carbocycles. The van der Waals surface area contributed by atoms with Crippen molar-refractivity contribution >= 4 is 0 Å². The lowest BCUT2D eigenvalue weighted by Gasteiger charge is -2.25. The normalized spacial score (nSPS) is 14.1. The fourth-order valence-corrected chi connectivity index (χ4v) is 3.04. The Morgan fingerprint density at radius 3 is 1.30 bits per heavy atom. The summed E-state index contributed by atoms with van der Waals surface area (Å²) < 4.78 is 0. The molecule has 0 heterocycles. The fraction of sp³-hybridized carbons (Fsp3) is 0.400. The molecule has 0 aliphatic carbocycles. The molecule has 0 heteroatoms. The lowest BCUT2D eigenvalue weighted by molar-refractivity contribution is 0.616. The molecule has 0 aliphatic rings. The quantitative estimate of drug-likeness (QED) is 0.656. The van der Waals surface area contributed by atoms with Crippen LogP contribution in [0.4, 0.5) is 0 Å². The third kappa shape index (κ3) is 2.95. The highest BCUT2D eigenvalue weighted by molar-refractivity contribution is 5.39. The first-order chi connectivity index (χ1) is 9.40. The Kier molecular flexibility index (Phi) is 4.32. The number of rotatable bonds is 3. The van der Waals surface area contributed by atoms with Crippen molar-refractivity contribution in [2.45, 2.75) is 53.4 Å². The summed E-state index contributed by atoms with van der Waals surface area (Å²) in [5.41, 5.74) is 8.48. The highest BCUT2D eigenvalue weighted by Crippen LogP contribution is 2.36. The highest BCUT2D eigenvalue weighted by Gasteiger charge is 2.19. The van der Waals surface area contributed by atoms with E-state index in [1.54, 1.807) is 0 Å². The van der Waals surface area contributed by atoms with Gasteiger partial charge in [0.25, 0.3) is 0 Å². The summed E-state index contributed by atoms with van der Waals surface area (Å²) in [6.07, 6.45) is 0. The lowest BCUT2D eigenvalue weighted by atomic mass is 9.80. The van der Waals surface area contributed by atoms with Gasteiger partial charge in [-0.3, -0.25) is 0 Å². The third-order valence-electron chi connectivity index (χ3n) is 4.60. The van der Waals surface area contributed by atoms with Gasteiger partial charge in [0.05, 0.1) is 0 Å². The Morgan fingerprint density at radius 1 is 0.600 bits per heavy atom. The Balaban J connectivity index is 2.39. The Labute approximate surface area is 123 Å². The van der Waals surface area contributed by atoms with Gasteiger partial charge in [-0.2, -0.15) is 0 Å². The molecule has 0 N–H and O–H groups in total. The van der Waals surface area contributed by atoms with Crippen molar-refractivity contribution in [3.8, 4) is 0 Å². The second-order valence-corrected chi connectivity index (χ2v) is 6.30. The van der Waals surface area contributed by atoms with Crippen LogP contribution in [0.3, 0.4) is 0 Å². The van der Waals surface area contributed by atoms with E-state index in [1.165, 1.54) is 33.4 Å². The Hall–Kier alpha value is -1.56. The second kappa shape index (κ2) is 5.83. The molecule has 20 heavy (non-hydrogen) atoms. The first-order valence-electron chi connectivity index (χ1n) is 7.54. The van der Waals surface area contributed by atoms with Crippen LogP contribution in [0.5, 0.6) is 0 Å². The molecule has 0 amide bonds. The summed E-state index contributed by atoms with van der Waals surface area (Å²) in [5.74, 6) is 1.07. The molecule has 0 saturated carbocycles. The summed E-state index contributed by atoms with van der Waals surface area (Å²) in [5, 5.41) is 0. The summed E-state index contributed by atoms with van der Waals surface area (Å²) in [6.45, 7) is 13.5. The monoisotopic (exact) mass is 266 g/mol. The van der Waals surface area contributed by atoms with Gasteiger partial charge in [-0.1, -0.05) is 61.4 Å². The van der Waals surface area contributed by atoms with E-state index in [2.05, 4.69) is 77.9 Å². The van der Waals surface area contributed by atoms with Crippen LogP contribution in [0.25, 0.3) is 0 Å². The molecule has 0 nitrogen and oxygen atoms in total. The molecule has 106 valence electrons. The van der Waals surface area contributed by atoms with Crippen LogP contribution in [0.2, 0.25) is 0 Å². The summed E-state index contributed by atoms with van der Waals surface area (Å²) in [6, 6.07) is 13.6. The summed E-state index contributed by atoms with van der Waals surface area (Å²) in [7, 11) is 0. The molecule has 0 bridgehead atoms. The second-order valence-electron chi connectivity index (χ2n) is 6.30. The van der Waals surface area contributed by atoms with E-state index in [1.807, 2.05) is 0 Å². The molecule has 0 aliphatic heterocycles. The smallest absolute Gasteiger partial charge is 0.0121 e. The van der Waals surface area contributed by atoms with Gasteiger partial charge >= 0.3 is 0 Å². The van der Waals surface area contributed by atoms with Gasteiger partial charge in [-0.25, -0.2) is 0 Å². The van der Waals surface area contributed by atoms with Gasteiger partial charge in [0, 0.05) is 0 Å². The summed E-state index contributed by atoms with van der Waals surface area (Å²) >= 11 is 0. The molecule has 2 atom stereocenters. The van der Waals surface area contributed by atoms with Crippen LogP contribution in [-0.4, -0.2) is 0 Å². The Morgan fingerprint density at radius 2 is 0.950 bits per heavy atom. The largest absolute Gasteiger partial charge is 0.0590 e. The maximum Gasteiger partial charge on any atom is -0.0121 e. The highest BCUT2D eigenvalue weighted by atomic mass is 14.2. The van der Waals surface area contributed by atoms with Crippen molar-refractivity contribution < 1.29 is 0 Å². The zero-order valence-corrected chi connectivity index (χ0v) is 13.6. The van der Waals surface area contributed by atoms with Crippen LogP contribution >= 0.6 is 0 Å². The number of hydrogen-bond acceptors (Lipinski definition) is 0. The number of hydrogen-bond donors (Lipinski definition) is 0. The number of benzene rings is 2. The standard InChI is InChI=1S/C20H26/c1-13-7-9-15(3)19(11-13)17(5)18(6)20-12-14(2)8-10-16(20)4/h7-12,17-18H,1-6H3. The molecule has 0 spiro atoms. The maximum atomic E-state index is 2.36. The average molecular weight is 266 g/mol. The summed E-state index contributed by atoms with van der Waals surface area (Å²) in [4.78, 5) is 0. The van der Waals surface area contributed by atoms with E-state index in [-0.39, 0.29) is 0 Å². The van der Waals surface area contributed by atoms with Crippen molar-refractivity contribution in [1.82, 2.24) is 0 Å². The van der Waals surface area contributed by atoms with Gasteiger partial charge in [0.2, 0.25) is 0 Å². The number of aryl methyl sites for hydroxylation is 4. The minimum Gasteiger partial charge on any atom is -0.0590 e. The van der Waals surface area contributed by atoms with Crippen LogP contribution < -0.4 is 0 Å². The molecule has 2 rings (SSSR count). The van der Waals surface area contributed by atoms with Crippen LogP contribution in [0, 0.1) is 27.7 Å². The van der Waals surface area contributed by atoms with E-state index >= 15 is 0 Å². The average Bonchev–Trinajstić information content (AvgIpc) is 2.42.